The molecule has 0 aromatic rings. The summed E-state index contributed by atoms with van der Waals surface area (Å²) in [5, 5.41) is 0. The number of hydrogen-bond donors (Lipinski definition) is 0. The van der Waals surface area contributed by atoms with E-state index < -0.39 is 0 Å². The quantitative estimate of drug-likeness (QED) is 0.0434. The van der Waals surface area contributed by atoms with Crippen molar-refractivity contribution in [2.45, 2.75) is 155 Å². The van der Waals surface area contributed by atoms with Crippen LogP contribution < -0.4 is 0 Å². The van der Waals surface area contributed by atoms with Gasteiger partial charge in [-0.25, -0.2) is 0 Å². The van der Waals surface area contributed by atoms with Crippen molar-refractivity contribution in [3.05, 3.63) is 0 Å². The summed E-state index contributed by atoms with van der Waals surface area (Å²) in [6, 6.07) is 0. The Hall–Kier alpha value is -0.890. The van der Waals surface area contributed by atoms with Gasteiger partial charge in [0.15, 0.2) is 0 Å². The molecule has 11 nitrogen and oxygen atoms in total. The maximum Gasteiger partial charge on any atom is 0.305 e. The average Bonchev–Trinajstić information content (AvgIpc) is 3.19. The van der Waals surface area contributed by atoms with Crippen molar-refractivity contribution >= 4 is 5.97 Å². The van der Waals surface area contributed by atoms with Crippen LogP contribution in [0.15, 0.2) is 0 Å². The van der Waals surface area contributed by atoms with Crippen molar-refractivity contribution in [2.75, 3.05) is 126 Å². The van der Waals surface area contributed by atoms with E-state index >= 15 is 0 Å². The summed E-state index contributed by atoms with van der Waals surface area (Å²) in [5.41, 5.74) is 0. The maximum absolute atomic E-state index is 11.9. The van der Waals surface area contributed by atoms with Crippen LogP contribution in [-0.4, -0.2) is 132 Å². The zero-order chi connectivity index (χ0) is 39.6. The first-order valence-corrected chi connectivity index (χ1v) is 22.7. The largest absolute Gasteiger partial charge is 0.463 e. The Morgan fingerprint density at radius 3 is 0.764 bits per heavy atom. The molecule has 0 bridgehead atoms. The van der Waals surface area contributed by atoms with Crippen molar-refractivity contribution in [1.29, 1.82) is 0 Å². The van der Waals surface area contributed by atoms with Gasteiger partial charge >= 0.3 is 5.97 Å². The molecule has 0 unspecified atom stereocenters. The molecule has 0 saturated carbocycles. The lowest BCUT2D eigenvalue weighted by molar-refractivity contribution is -0.145. The first-order chi connectivity index (χ1) is 27.3. The lowest BCUT2D eigenvalue weighted by Crippen LogP contribution is -2.15. The number of carbonyl (C=O) groups excluding carboxylic acids is 1. The Bertz CT molecular complexity index is 701. The van der Waals surface area contributed by atoms with Crippen LogP contribution in [-0.2, 0) is 52.2 Å². The predicted molar refractivity (Wildman–Crippen MR) is 221 cm³/mol. The second-order valence-corrected chi connectivity index (χ2v) is 14.2. The number of ether oxygens (including phenoxy) is 10. The van der Waals surface area contributed by atoms with Gasteiger partial charge < -0.3 is 47.4 Å². The fourth-order valence-corrected chi connectivity index (χ4v) is 5.77. The number of rotatable bonds is 50. The van der Waals surface area contributed by atoms with Gasteiger partial charge in [0, 0.05) is 13.0 Å². The van der Waals surface area contributed by atoms with Crippen molar-refractivity contribution in [1.82, 2.24) is 0 Å². The molecule has 11 heteroatoms. The third-order valence-electron chi connectivity index (χ3n) is 9.09. The molecule has 330 valence electrons. The van der Waals surface area contributed by atoms with Gasteiger partial charge in [-0.2, -0.15) is 0 Å². The molecule has 0 N–H and O–H groups in total. The summed E-state index contributed by atoms with van der Waals surface area (Å²) in [7, 11) is 0. The Labute approximate surface area is 338 Å². The SMILES string of the molecule is CCCCCCCCCCCCCCCC(=O)OCCOCCOCCOCCOCCOCCOCCOCCOCCOCCCCCCCCCC. The van der Waals surface area contributed by atoms with Gasteiger partial charge in [-0.15, -0.1) is 0 Å². The number of hydrogen-bond acceptors (Lipinski definition) is 11. The van der Waals surface area contributed by atoms with Crippen LogP contribution in [0.25, 0.3) is 0 Å². The van der Waals surface area contributed by atoms with Crippen LogP contribution in [0.3, 0.4) is 0 Å². The zero-order valence-corrected chi connectivity index (χ0v) is 36.0. The van der Waals surface area contributed by atoms with Crippen LogP contribution in [0.5, 0.6) is 0 Å². The van der Waals surface area contributed by atoms with E-state index in [1.165, 1.54) is 116 Å². The zero-order valence-electron chi connectivity index (χ0n) is 36.0. The van der Waals surface area contributed by atoms with E-state index in [0.29, 0.717) is 125 Å². The van der Waals surface area contributed by atoms with Crippen molar-refractivity contribution in [3.8, 4) is 0 Å². The van der Waals surface area contributed by atoms with E-state index in [1.807, 2.05) is 0 Å². The minimum atomic E-state index is -0.127. The Kier molecular flexibility index (Phi) is 50.3. The molecule has 55 heavy (non-hydrogen) atoms. The Morgan fingerprint density at radius 2 is 0.473 bits per heavy atom. The molecular formula is C44H88O11. The van der Waals surface area contributed by atoms with Gasteiger partial charge in [0.05, 0.1) is 112 Å². The molecule has 0 rings (SSSR count). The fourth-order valence-electron chi connectivity index (χ4n) is 5.77. The molecular weight excluding hydrogens is 704 g/mol. The first kappa shape index (κ1) is 54.1. The summed E-state index contributed by atoms with van der Waals surface area (Å²) >= 11 is 0. The second-order valence-electron chi connectivity index (χ2n) is 14.2. The summed E-state index contributed by atoms with van der Waals surface area (Å²) in [6.07, 6.45) is 27.9. The van der Waals surface area contributed by atoms with Crippen LogP contribution in [0.4, 0.5) is 0 Å². The minimum absolute atomic E-state index is 0.127. The molecule has 0 aromatic heterocycles. The Morgan fingerprint density at radius 1 is 0.255 bits per heavy atom. The lowest BCUT2D eigenvalue weighted by Gasteiger charge is -2.09. The monoisotopic (exact) mass is 793 g/mol. The van der Waals surface area contributed by atoms with E-state index in [2.05, 4.69) is 13.8 Å². The molecule has 0 aliphatic rings. The molecule has 0 fully saturated rings. The highest BCUT2D eigenvalue weighted by Crippen LogP contribution is 2.13. The Balaban J connectivity index is 3.12. The van der Waals surface area contributed by atoms with Gasteiger partial charge in [-0.3, -0.25) is 4.79 Å². The van der Waals surface area contributed by atoms with Crippen LogP contribution in [0.2, 0.25) is 0 Å². The van der Waals surface area contributed by atoms with Crippen LogP contribution in [0, 0.1) is 0 Å². The number of unbranched alkanes of at least 4 members (excludes halogenated alkanes) is 19. The normalized spacial score (nSPS) is 11.5. The van der Waals surface area contributed by atoms with Gasteiger partial charge in [-0.05, 0) is 12.8 Å². The molecule has 0 saturated heterocycles. The molecule has 0 heterocycles. The van der Waals surface area contributed by atoms with Gasteiger partial charge in [-0.1, -0.05) is 136 Å². The van der Waals surface area contributed by atoms with E-state index in [9.17, 15) is 4.79 Å². The first-order valence-electron chi connectivity index (χ1n) is 22.7. The predicted octanol–water partition coefficient (Wildman–Crippen LogP) is 9.30. The number of esters is 1. The average molecular weight is 793 g/mol. The molecule has 0 atom stereocenters. The summed E-state index contributed by atoms with van der Waals surface area (Å²) < 4.78 is 55.0. The van der Waals surface area contributed by atoms with Crippen LogP contribution >= 0.6 is 0 Å². The van der Waals surface area contributed by atoms with Gasteiger partial charge in [0.25, 0.3) is 0 Å². The van der Waals surface area contributed by atoms with E-state index in [4.69, 9.17) is 47.4 Å². The molecule has 0 amide bonds. The van der Waals surface area contributed by atoms with Crippen LogP contribution in [0.1, 0.15) is 155 Å². The fraction of sp³-hybridized carbons (Fsp3) is 0.977. The number of carbonyl (C=O) groups is 1. The van der Waals surface area contributed by atoms with E-state index in [1.54, 1.807) is 0 Å². The van der Waals surface area contributed by atoms with Crippen molar-refractivity contribution < 1.29 is 52.2 Å². The third-order valence-corrected chi connectivity index (χ3v) is 9.09. The lowest BCUT2D eigenvalue weighted by atomic mass is 10.0. The molecule has 0 aliphatic heterocycles. The van der Waals surface area contributed by atoms with E-state index in [0.717, 1.165) is 25.9 Å². The van der Waals surface area contributed by atoms with Gasteiger partial charge in [0.1, 0.15) is 6.61 Å². The highest BCUT2D eigenvalue weighted by molar-refractivity contribution is 5.69. The molecule has 0 radical (unpaired) electrons. The summed E-state index contributed by atoms with van der Waals surface area (Å²) in [6.45, 7) is 14.5. The standard InChI is InChI=1S/C44H88O11/c1-3-5-7-9-11-13-14-15-16-17-18-20-22-24-44(45)55-43-42-54-41-40-53-39-38-52-37-36-51-35-34-50-33-32-49-31-30-48-29-28-47-27-26-46-25-23-21-19-12-10-8-6-4-2/h3-43H2,1-2H3. The highest BCUT2D eigenvalue weighted by atomic mass is 16.6. The third kappa shape index (κ3) is 51.1. The second kappa shape index (κ2) is 51.1. The summed E-state index contributed by atoms with van der Waals surface area (Å²) in [4.78, 5) is 11.9. The smallest absolute Gasteiger partial charge is 0.305 e. The maximum atomic E-state index is 11.9. The van der Waals surface area contributed by atoms with Gasteiger partial charge in [0.2, 0.25) is 0 Å². The molecule has 0 aliphatic carbocycles. The van der Waals surface area contributed by atoms with E-state index in [-0.39, 0.29) is 5.97 Å². The molecule has 0 spiro atoms. The van der Waals surface area contributed by atoms with Crippen molar-refractivity contribution in [2.24, 2.45) is 0 Å². The van der Waals surface area contributed by atoms with Crippen molar-refractivity contribution in [3.63, 3.8) is 0 Å². The summed E-state index contributed by atoms with van der Waals surface area (Å²) in [5.74, 6) is -0.127. The highest BCUT2D eigenvalue weighted by Gasteiger charge is 2.03. The molecule has 0 aromatic carbocycles. The topological polar surface area (TPSA) is 109 Å². The minimum Gasteiger partial charge on any atom is -0.463 e.